The number of carbonyl (C=O) groups is 1. The Morgan fingerprint density at radius 1 is 1.13 bits per heavy atom. The molecular weight excluding hydrogens is 388 g/mol. The largest absolute Gasteiger partial charge is 0.469 e. The molecule has 4 aliphatic rings. The highest BCUT2D eigenvalue weighted by atomic mass is 16.5. The van der Waals surface area contributed by atoms with Gasteiger partial charge in [-0.05, 0) is 104 Å². The fourth-order valence-electron chi connectivity index (χ4n) is 9.01. The van der Waals surface area contributed by atoms with Gasteiger partial charge in [-0.15, -0.1) is 0 Å². The molecule has 0 amide bonds. The second kappa shape index (κ2) is 8.62. The number of aliphatic hydroxyl groups is 1. The Kier molecular flexibility index (Phi) is 6.39. The Bertz CT molecular complexity index is 713. The zero-order valence-corrected chi connectivity index (χ0v) is 19.9. The maximum Gasteiger partial charge on any atom is 0.305 e. The summed E-state index contributed by atoms with van der Waals surface area (Å²) < 4.78 is 10.4. The quantitative estimate of drug-likeness (QED) is 0.482. The Labute approximate surface area is 188 Å². The van der Waals surface area contributed by atoms with Crippen LogP contribution in [-0.2, 0) is 14.3 Å². The average molecular weight is 431 g/mol. The van der Waals surface area contributed by atoms with Crippen LogP contribution in [0.25, 0.3) is 0 Å². The summed E-state index contributed by atoms with van der Waals surface area (Å²) in [6.07, 6.45) is 18.2. The predicted molar refractivity (Wildman–Crippen MR) is 121 cm³/mol. The van der Waals surface area contributed by atoms with Gasteiger partial charge in [-0.1, -0.05) is 27.2 Å². The number of methoxy groups -OCH3 is 1. The summed E-state index contributed by atoms with van der Waals surface area (Å²) in [5.74, 6) is 3.20. The van der Waals surface area contributed by atoms with E-state index < -0.39 is 0 Å². The molecule has 4 nitrogen and oxygen atoms in total. The Morgan fingerprint density at radius 2 is 1.84 bits per heavy atom. The van der Waals surface area contributed by atoms with Crippen LogP contribution in [0, 0.1) is 58.9 Å². The summed E-state index contributed by atoms with van der Waals surface area (Å²) in [7, 11) is 1.48. The van der Waals surface area contributed by atoms with Crippen molar-refractivity contribution in [1.29, 1.82) is 0 Å². The highest BCUT2D eigenvalue weighted by Gasteiger charge is 2.63. The minimum atomic E-state index is -0.207. The monoisotopic (exact) mass is 430 g/mol. The topological polar surface area (TPSA) is 55.8 Å². The zero-order valence-electron chi connectivity index (χ0n) is 19.9. The fourth-order valence-corrected chi connectivity index (χ4v) is 9.01. The first-order valence-corrected chi connectivity index (χ1v) is 12.6. The zero-order chi connectivity index (χ0) is 22.4. The highest BCUT2D eigenvalue weighted by Crippen LogP contribution is 2.68. The van der Waals surface area contributed by atoms with Crippen LogP contribution in [0.15, 0.2) is 0 Å². The summed E-state index contributed by atoms with van der Waals surface area (Å²) in [6, 6.07) is 0. The van der Waals surface area contributed by atoms with Gasteiger partial charge in [-0.25, -0.2) is 0 Å². The molecule has 4 fully saturated rings. The van der Waals surface area contributed by atoms with E-state index >= 15 is 0 Å². The van der Waals surface area contributed by atoms with E-state index in [0.717, 1.165) is 25.7 Å². The third-order valence-electron chi connectivity index (χ3n) is 10.7. The molecule has 4 rings (SSSR count). The Balaban J connectivity index is 1.51. The molecule has 10 atom stereocenters. The number of esters is 1. The second-order valence-corrected chi connectivity index (χ2v) is 11.7. The van der Waals surface area contributed by atoms with E-state index in [1.165, 1.54) is 39.2 Å². The smallest absolute Gasteiger partial charge is 0.305 e. The minimum absolute atomic E-state index is 0.0960. The molecule has 4 heteroatoms. The van der Waals surface area contributed by atoms with Crippen molar-refractivity contribution in [2.75, 3.05) is 7.11 Å². The molecule has 0 heterocycles. The van der Waals surface area contributed by atoms with Gasteiger partial charge in [0.05, 0.1) is 13.2 Å². The summed E-state index contributed by atoms with van der Waals surface area (Å²) in [6.45, 7) is 7.33. The average Bonchev–Trinajstić information content (AvgIpc) is 3.10. The van der Waals surface area contributed by atoms with E-state index in [1.807, 2.05) is 0 Å². The molecule has 4 aliphatic carbocycles. The molecule has 0 aromatic heterocycles. The molecule has 31 heavy (non-hydrogen) atoms. The lowest BCUT2D eigenvalue weighted by Crippen LogP contribution is -2.58. The van der Waals surface area contributed by atoms with Crippen LogP contribution >= 0.6 is 0 Å². The Hall–Kier alpha value is -1.21. The van der Waals surface area contributed by atoms with Crippen LogP contribution in [0.2, 0.25) is 0 Å². The first kappa shape index (κ1) is 23.0. The predicted octanol–water partition coefficient (Wildman–Crippen LogP) is 5.18. The summed E-state index contributed by atoms with van der Waals surface area (Å²) >= 11 is 0. The maximum absolute atomic E-state index is 11.7. The van der Waals surface area contributed by atoms with Crippen LogP contribution in [0.3, 0.4) is 0 Å². The molecule has 0 radical (unpaired) electrons. The van der Waals surface area contributed by atoms with Crippen molar-refractivity contribution < 1.29 is 19.4 Å². The summed E-state index contributed by atoms with van der Waals surface area (Å²) in [4.78, 5) is 11.7. The molecule has 3 unspecified atom stereocenters. The molecule has 4 saturated carbocycles. The molecule has 0 bridgehead atoms. The first-order valence-electron chi connectivity index (χ1n) is 12.6. The van der Waals surface area contributed by atoms with Crippen molar-refractivity contribution in [1.82, 2.24) is 0 Å². The normalized spacial score (nSPS) is 47.3. The third-order valence-corrected chi connectivity index (χ3v) is 10.7. The van der Waals surface area contributed by atoms with Gasteiger partial charge in [0.2, 0.25) is 0 Å². The van der Waals surface area contributed by atoms with Gasteiger partial charge in [-0.2, -0.15) is 0 Å². The van der Waals surface area contributed by atoms with E-state index in [4.69, 9.17) is 15.9 Å². The van der Waals surface area contributed by atoms with Crippen LogP contribution in [-0.4, -0.2) is 30.4 Å². The number of hydrogen-bond acceptors (Lipinski definition) is 4. The van der Waals surface area contributed by atoms with Crippen molar-refractivity contribution in [3.8, 4) is 12.5 Å². The third kappa shape index (κ3) is 3.79. The number of aliphatic hydroxyl groups excluding tert-OH is 1. The van der Waals surface area contributed by atoms with Crippen molar-refractivity contribution >= 4 is 5.97 Å². The highest BCUT2D eigenvalue weighted by molar-refractivity contribution is 5.69. The van der Waals surface area contributed by atoms with Crippen LogP contribution < -0.4 is 0 Å². The lowest BCUT2D eigenvalue weighted by molar-refractivity contribution is -0.174. The van der Waals surface area contributed by atoms with E-state index in [2.05, 4.69) is 26.9 Å². The number of hydrogen-bond donors (Lipinski definition) is 1. The number of ether oxygens (including phenoxy) is 2. The van der Waals surface area contributed by atoms with Gasteiger partial charge in [0.1, 0.15) is 12.2 Å². The number of carbonyl (C=O) groups excluding carboxylic acids is 1. The molecule has 0 spiro atoms. The second-order valence-electron chi connectivity index (χ2n) is 11.7. The van der Waals surface area contributed by atoms with Gasteiger partial charge in [0.25, 0.3) is 0 Å². The SMILES string of the molecule is C#CO[C@@H]1CC[C@@]2(C)C(C1)C[C@H](O)[C@@H]1C2CC[C@@]2(C)C1CC[C@@H]2[C@H](C)CCC(=O)OC. The van der Waals surface area contributed by atoms with Gasteiger partial charge in [-0.3, -0.25) is 4.79 Å². The van der Waals surface area contributed by atoms with Crippen LogP contribution in [0.1, 0.15) is 85.0 Å². The lowest BCUT2D eigenvalue weighted by atomic mass is 9.43. The molecule has 0 saturated heterocycles. The molecule has 0 aliphatic heterocycles. The standard InChI is InChI=1S/C27H42O4/c1-6-31-19-11-13-26(3)18(15-19)16-23(28)25-21-9-8-20(17(2)7-10-24(29)30-5)27(21,4)14-12-22(25)26/h1,17-23,25,28H,7-16H2,2-5H3/t17-,18?,19-,20-,21?,22?,23+,25+,26+,27-/m1/s1. The Morgan fingerprint density at radius 3 is 2.55 bits per heavy atom. The number of fused-ring (bicyclic) bond motifs is 5. The van der Waals surface area contributed by atoms with Crippen LogP contribution in [0.5, 0.6) is 0 Å². The summed E-state index contributed by atoms with van der Waals surface area (Å²) in [5.41, 5.74) is 0.582. The minimum Gasteiger partial charge on any atom is -0.469 e. The van der Waals surface area contributed by atoms with Gasteiger partial charge in [0.15, 0.2) is 0 Å². The van der Waals surface area contributed by atoms with Crippen LogP contribution in [0.4, 0.5) is 0 Å². The fraction of sp³-hybridized carbons (Fsp3) is 0.889. The number of rotatable bonds is 5. The van der Waals surface area contributed by atoms with Gasteiger partial charge >= 0.3 is 5.97 Å². The van der Waals surface area contributed by atoms with E-state index in [0.29, 0.717) is 47.3 Å². The number of terminal acetylenes is 1. The van der Waals surface area contributed by atoms with Crippen molar-refractivity contribution in [3.63, 3.8) is 0 Å². The molecule has 174 valence electrons. The molecular formula is C27H42O4. The molecule has 0 aromatic rings. The lowest BCUT2D eigenvalue weighted by Gasteiger charge is -2.62. The van der Waals surface area contributed by atoms with E-state index in [9.17, 15) is 9.90 Å². The van der Waals surface area contributed by atoms with Crippen molar-refractivity contribution in [3.05, 3.63) is 0 Å². The van der Waals surface area contributed by atoms with E-state index in [-0.39, 0.29) is 23.6 Å². The first-order chi connectivity index (χ1) is 14.7. The maximum atomic E-state index is 11.7. The summed E-state index contributed by atoms with van der Waals surface area (Å²) in [5, 5.41) is 11.4. The van der Waals surface area contributed by atoms with E-state index in [1.54, 1.807) is 0 Å². The molecule has 0 aromatic carbocycles. The van der Waals surface area contributed by atoms with Crippen molar-refractivity contribution in [2.24, 2.45) is 46.3 Å². The van der Waals surface area contributed by atoms with Crippen molar-refractivity contribution in [2.45, 2.75) is 97.2 Å². The van der Waals surface area contributed by atoms with Gasteiger partial charge in [0, 0.05) is 6.42 Å². The van der Waals surface area contributed by atoms with Gasteiger partial charge < -0.3 is 14.6 Å². The molecule has 1 N–H and O–H groups in total.